The van der Waals surface area contributed by atoms with Gasteiger partial charge in [-0.15, -0.1) is 0 Å². The summed E-state index contributed by atoms with van der Waals surface area (Å²) in [6, 6.07) is 0. The summed E-state index contributed by atoms with van der Waals surface area (Å²) in [6.45, 7) is 6.71. The van der Waals surface area contributed by atoms with E-state index in [0.717, 1.165) is 0 Å². The number of hydrogen-bond acceptors (Lipinski definition) is 2. The molecule has 8 heavy (non-hydrogen) atoms. The minimum Gasteiger partial charge on any atom is -0.495 e. The average molecular weight is 111 g/mol. The summed E-state index contributed by atoms with van der Waals surface area (Å²) in [5.74, 6) is 0.625. The second-order valence-electron chi connectivity index (χ2n) is 1.12. The fourth-order valence-electron chi connectivity index (χ4n) is 0.279. The van der Waals surface area contributed by atoms with Crippen molar-refractivity contribution in [1.29, 1.82) is 0 Å². The van der Waals surface area contributed by atoms with Crippen LogP contribution in [0.3, 0.4) is 0 Å². The van der Waals surface area contributed by atoms with Crippen LogP contribution in [0.1, 0.15) is 0 Å². The zero-order valence-electron chi connectivity index (χ0n) is 4.92. The van der Waals surface area contributed by atoms with Gasteiger partial charge in [-0.25, -0.2) is 0 Å². The van der Waals surface area contributed by atoms with Crippen molar-refractivity contribution in [3.63, 3.8) is 0 Å². The molecule has 0 aliphatic carbocycles. The number of methoxy groups -OCH3 is 1. The van der Waals surface area contributed by atoms with Crippen molar-refractivity contribution in [3.8, 4) is 0 Å². The largest absolute Gasteiger partial charge is 0.495 e. The van der Waals surface area contributed by atoms with Crippen LogP contribution in [0.4, 0.5) is 0 Å². The zero-order valence-corrected chi connectivity index (χ0v) is 4.92. The van der Waals surface area contributed by atoms with Crippen molar-refractivity contribution >= 4 is 6.72 Å². The fraction of sp³-hybridized carbons (Fsp3) is 0.167. The van der Waals surface area contributed by atoms with Crippen LogP contribution in [-0.2, 0) is 4.74 Å². The van der Waals surface area contributed by atoms with Crippen LogP contribution in [0, 0.1) is 0 Å². The van der Waals surface area contributed by atoms with Crippen LogP contribution in [0.25, 0.3) is 0 Å². The molecule has 0 saturated carbocycles. The Morgan fingerprint density at radius 1 is 1.75 bits per heavy atom. The Bertz CT molecular complexity index is 116. The molecule has 0 aromatic heterocycles. The summed E-state index contributed by atoms with van der Waals surface area (Å²) in [5.41, 5.74) is 0. The van der Waals surface area contributed by atoms with Gasteiger partial charge in [-0.1, -0.05) is 6.58 Å². The lowest BCUT2D eigenvalue weighted by Crippen LogP contribution is -1.77. The van der Waals surface area contributed by atoms with Gasteiger partial charge in [-0.2, -0.15) is 0 Å². The minimum atomic E-state index is 0.625. The van der Waals surface area contributed by atoms with Gasteiger partial charge in [0, 0.05) is 0 Å². The summed E-state index contributed by atoms with van der Waals surface area (Å²) in [6.07, 6.45) is 3.06. The third-order valence-corrected chi connectivity index (χ3v) is 0.655. The molecule has 0 spiro atoms. The van der Waals surface area contributed by atoms with Gasteiger partial charge in [0.1, 0.15) is 5.76 Å². The first-order chi connectivity index (χ1) is 3.85. The van der Waals surface area contributed by atoms with Gasteiger partial charge in [0.15, 0.2) is 0 Å². The van der Waals surface area contributed by atoms with E-state index in [-0.39, 0.29) is 0 Å². The normalized spacial score (nSPS) is 10.4. The van der Waals surface area contributed by atoms with Crippen molar-refractivity contribution in [1.82, 2.24) is 0 Å². The van der Waals surface area contributed by atoms with Crippen LogP contribution in [0.2, 0.25) is 0 Å². The van der Waals surface area contributed by atoms with Crippen LogP contribution >= 0.6 is 0 Å². The molecule has 0 aromatic carbocycles. The molecule has 0 amide bonds. The molecule has 0 radical (unpaired) electrons. The Labute approximate surface area is 49.2 Å². The number of allylic oxidation sites excluding steroid dienone is 1. The quantitative estimate of drug-likeness (QED) is 0.306. The van der Waals surface area contributed by atoms with Crippen LogP contribution in [-0.4, -0.2) is 13.8 Å². The Hall–Kier alpha value is -1.05. The Morgan fingerprint density at radius 2 is 2.38 bits per heavy atom. The number of rotatable bonds is 3. The predicted octanol–water partition coefficient (Wildman–Crippen LogP) is 1.36. The molecule has 0 N–H and O–H groups in total. The van der Waals surface area contributed by atoms with Crippen molar-refractivity contribution in [2.75, 3.05) is 7.11 Å². The molecule has 0 atom stereocenters. The van der Waals surface area contributed by atoms with E-state index in [2.05, 4.69) is 18.3 Å². The van der Waals surface area contributed by atoms with Gasteiger partial charge in [0.2, 0.25) is 0 Å². The zero-order chi connectivity index (χ0) is 6.41. The van der Waals surface area contributed by atoms with E-state index >= 15 is 0 Å². The third-order valence-electron chi connectivity index (χ3n) is 0.655. The molecule has 0 fully saturated rings. The minimum absolute atomic E-state index is 0.625. The van der Waals surface area contributed by atoms with E-state index in [1.54, 1.807) is 13.2 Å². The lowest BCUT2D eigenvalue weighted by Gasteiger charge is -1.93. The van der Waals surface area contributed by atoms with E-state index < -0.39 is 0 Å². The second kappa shape index (κ2) is 4.12. The maximum absolute atomic E-state index is 4.75. The smallest absolute Gasteiger partial charge is 0.136 e. The SMILES string of the molecule is C=CC(=CN=C)OC. The molecule has 0 rings (SSSR count). The fourth-order valence-corrected chi connectivity index (χ4v) is 0.279. The number of nitrogens with zero attached hydrogens (tertiary/aromatic N) is 1. The van der Waals surface area contributed by atoms with Crippen molar-refractivity contribution < 1.29 is 4.74 Å². The van der Waals surface area contributed by atoms with Crippen molar-refractivity contribution in [2.45, 2.75) is 0 Å². The Kier molecular flexibility index (Phi) is 3.58. The Balaban J connectivity index is 3.84. The standard InChI is InChI=1S/C6H9NO/c1-4-6(8-3)5-7-2/h4-5H,1-2H2,3H3. The molecular formula is C6H9NO. The molecule has 0 heterocycles. The molecule has 2 nitrogen and oxygen atoms in total. The van der Waals surface area contributed by atoms with Crippen LogP contribution < -0.4 is 0 Å². The van der Waals surface area contributed by atoms with Crippen LogP contribution in [0.5, 0.6) is 0 Å². The predicted molar refractivity (Wildman–Crippen MR) is 34.8 cm³/mol. The highest BCUT2D eigenvalue weighted by atomic mass is 16.5. The van der Waals surface area contributed by atoms with Gasteiger partial charge >= 0.3 is 0 Å². The summed E-state index contributed by atoms with van der Waals surface area (Å²) in [4.78, 5) is 3.47. The first-order valence-corrected chi connectivity index (χ1v) is 2.17. The lowest BCUT2D eigenvalue weighted by atomic mass is 10.5. The van der Waals surface area contributed by atoms with Gasteiger partial charge in [-0.3, -0.25) is 4.99 Å². The topological polar surface area (TPSA) is 21.6 Å². The maximum atomic E-state index is 4.75. The summed E-state index contributed by atoms with van der Waals surface area (Å²) >= 11 is 0. The highest BCUT2D eigenvalue weighted by Crippen LogP contribution is 1.93. The first-order valence-electron chi connectivity index (χ1n) is 2.17. The molecule has 0 bridgehead atoms. The second-order valence-corrected chi connectivity index (χ2v) is 1.12. The molecule has 2 heteroatoms. The molecule has 0 aromatic rings. The third kappa shape index (κ3) is 2.18. The average Bonchev–Trinajstić information content (AvgIpc) is 1.83. The summed E-state index contributed by atoms with van der Waals surface area (Å²) in [7, 11) is 1.55. The molecule has 0 saturated heterocycles. The van der Waals surface area contributed by atoms with Gasteiger partial charge in [-0.05, 0) is 12.8 Å². The highest BCUT2D eigenvalue weighted by Gasteiger charge is 1.80. The van der Waals surface area contributed by atoms with E-state index in [4.69, 9.17) is 4.74 Å². The van der Waals surface area contributed by atoms with Gasteiger partial charge < -0.3 is 4.74 Å². The van der Waals surface area contributed by atoms with Crippen molar-refractivity contribution in [2.24, 2.45) is 4.99 Å². The molecule has 0 aliphatic heterocycles. The van der Waals surface area contributed by atoms with E-state index in [9.17, 15) is 0 Å². The highest BCUT2D eigenvalue weighted by molar-refractivity contribution is 5.27. The molecule has 0 unspecified atom stereocenters. The van der Waals surface area contributed by atoms with E-state index in [1.165, 1.54) is 6.20 Å². The van der Waals surface area contributed by atoms with E-state index in [0.29, 0.717) is 5.76 Å². The van der Waals surface area contributed by atoms with E-state index in [1.807, 2.05) is 0 Å². The Morgan fingerprint density at radius 3 is 2.50 bits per heavy atom. The monoisotopic (exact) mass is 111 g/mol. The number of ether oxygens (including phenoxy) is 1. The molecular weight excluding hydrogens is 102 g/mol. The molecule has 0 aliphatic rings. The number of aliphatic imine (C=N–C) groups is 1. The van der Waals surface area contributed by atoms with Gasteiger partial charge in [0.25, 0.3) is 0 Å². The lowest BCUT2D eigenvalue weighted by molar-refractivity contribution is 0.306. The summed E-state index contributed by atoms with van der Waals surface area (Å²) in [5, 5.41) is 0. The van der Waals surface area contributed by atoms with Crippen LogP contribution in [0.15, 0.2) is 29.6 Å². The summed E-state index contributed by atoms with van der Waals surface area (Å²) < 4.78 is 4.75. The van der Waals surface area contributed by atoms with Gasteiger partial charge in [0.05, 0.1) is 13.3 Å². The first kappa shape index (κ1) is 6.95. The molecule has 44 valence electrons. The van der Waals surface area contributed by atoms with Crippen molar-refractivity contribution in [3.05, 3.63) is 24.6 Å². The maximum Gasteiger partial charge on any atom is 0.136 e. The number of hydrogen-bond donors (Lipinski definition) is 0.